The van der Waals surface area contributed by atoms with Crippen LogP contribution in [0.4, 0.5) is 0 Å². The second-order valence-electron chi connectivity index (χ2n) is 6.59. The van der Waals surface area contributed by atoms with E-state index in [0.29, 0.717) is 5.92 Å². The number of hydrogen-bond donors (Lipinski definition) is 0. The highest BCUT2D eigenvalue weighted by molar-refractivity contribution is 5.20. The lowest BCUT2D eigenvalue weighted by molar-refractivity contribution is 0.0778. The molecule has 1 aliphatic heterocycles. The van der Waals surface area contributed by atoms with Gasteiger partial charge in [-0.3, -0.25) is 4.79 Å². The third kappa shape index (κ3) is 3.19. The van der Waals surface area contributed by atoms with Gasteiger partial charge >= 0.3 is 0 Å². The van der Waals surface area contributed by atoms with Gasteiger partial charge in [-0.05, 0) is 31.2 Å². The highest BCUT2D eigenvalue weighted by Gasteiger charge is 2.27. The molecule has 4 rings (SSSR count). The average molecular weight is 314 g/mol. The van der Waals surface area contributed by atoms with Crippen LogP contribution < -0.4 is 5.56 Å². The van der Waals surface area contributed by atoms with E-state index in [4.69, 9.17) is 0 Å². The van der Waals surface area contributed by atoms with E-state index in [1.807, 2.05) is 0 Å². The standard InChI is InChI=1S/C16H22N6O/c23-16-9-14-3-1-2-4-15(14)19-21(16)12-13-10-20(11-13)7-8-22-17-5-6-18-22/h5-6,9,13H,1-4,7-8,10-12H2. The molecule has 1 saturated heterocycles. The van der Waals surface area contributed by atoms with E-state index in [2.05, 4.69) is 20.2 Å². The molecule has 0 bridgehead atoms. The van der Waals surface area contributed by atoms with Crippen LogP contribution in [0.2, 0.25) is 0 Å². The predicted octanol–water partition coefficient (Wildman–Crippen LogP) is 0.346. The third-order valence-electron chi connectivity index (χ3n) is 4.82. The molecule has 1 fully saturated rings. The van der Waals surface area contributed by atoms with E-state index in [9.17, 15) is 4.79 Å². The van der Waals surface area contributed by atoms with Crippen LogP contribution in [0, 0.1) is 5.92 Å². The largest absolute Gasteiger partial charge is 0.301 e. The molecule has 0 unspecified atom stereocenters. The third-order valence-corrected chi connectivity index (χ3v) is 4.82. The number of likely N-dealkylation sites (tertiary alicyclic amines) is 1. The van der Waals surface area contributed by atoms with Gasteiger partial charge in [0.05, 0.1) is 31.2 Å². The van der Waals surface area contributed by atoms with Crippen molar-refractivity contribution >= 4 is 0 Å². The Bertz CT molecular complexity index is 717. The van der Waals surface area contributed by atoms with Crippen molar-refractivity contribution in [1.82, 2.24) is 29.7 Å². The molecule has 1 aliphatic carbocycles. The SMILES string of the molecule is O=c1cc2c(nn1CC1CN(CCn3nccn3)C1)CCCC2. The molecule has 2 aliphatic rings. The van der Waals surface area contributed by atoms with Crippen LogP contribution >= 0.6 is 0 Å². The average Bonchev–Trinajstić information content (AvgIpc) is 3.03. The molecule has 0 radical (unpaired) electrons. The minimum Gasteiger partial charge on any atom is -0.301 e. The van der Waals surface area contributed by atoms with Crippen molar-refractivity contribution in [2.45, 2.75) is 38.8 Å². The van der Waals surface area contributed by atoms with Crippen LogP contribution in [0.25, 0.3) is 0 Å². The Morgan fingerprint density at radius 3 is 2.70 bits per heavy atom. The van der Waals surface area contributed by atoms with Crippen molar-refractivity contribution in [3.8, 4) is 0 Å². The van der Waals surface area contributed by atoms with E-state index >= 15 is 0 Å². The normalized spacial score (nSPS) is 18.6. The summed E-state index contributed by atoms with van der Waals surface area (Å²) in [5, 5.41) is 12.8. The summed E-state index contributed by atoms with van der Waals surface area (Å²) in [7, 11) is 0. The zero-order chi connectivity index (χ0) is 15.6. The highest BCUT2D eigenvalue weighted by atomic mass is 16.1. The molecule has 3 heterocycles. The van der Waals surface area contributed by atoms with Gasteiger partial charge in [0, 0.05) is 31.6 Å². The Balaban J connectivity index is 1.31. The number of aromatic nitrogens is 5. The van der Waals surface area contributed by atoms with Gasteiger partial charge < -0.3 is 4.90 Å². The summed E-state index contributed by atoms with van der Waals surface area (Å²) >= 11 is 0. The fraction of sp³-hybridized carbons (Fsp3) is 0.625. The molecule has 0 aromatic carbocycles. The quantitative estimate of drug-likeness (QED) is 0.796. The monoisotopic (exact) mass is 314 g/mol. The molecular weight excluding hydrogens is 292 g/mol. The maximum absolute atomic E-state index is 12.2. The molecule has 23 heavy (non-hydrogen) atoms. The summed E-state index contributed by atoms with van der Waals surface area (Å²) in [6, 6.07) is 1.81. The van der Waals surface area contributed by atoms with Gasteiger partial charge in [-0.25, -0.2) is 4.68 Å². The number of rotatable bonds is 5. The van der Waals surface area contributed by atoms with E-state index in [1.165, 1.54) is 18.4 Å². The lowest BCUT2D eigenvalue weighted by atomic mass is 9.96. The van der Waals surface area contributed by atoms with Crippen molar-refractivity contribution < 1.29 is 0 Å². The van der Waals surface area contributed by atoms with Crippen molar-refractivity contribution in [2.75, 3.05) is 19.6 Å². The topological polar surface area (TPSA) is 68.8 Å². The summed E-state index contributed by atoms with van der Waals surface area (Å²) in [4.78, 5) is 16.3. The van der Waals surface area contributed by atoms with Gasteiger partial charge in [-0.15, -0.1) is 0 Å². The Labute approximate surface area is 134 Å². The fourth-order valence-corrected chi connectivity index (χ4v) is 3.54. The van der Waals surface area contributed by atoms with Gasteiger partial charge in [0.2, 0.25) is 0 Å². The van der Waals surface area contributed by atoms with Crippen LogP contribution in [0.15, 0.2) is 23.3 Å². The second kappa shape index (κ2) is 6.23. The number of fused-ring (bicyclic) bond motifs is 1. The first kappa shape index (κ1) is 14.6. The van der Waals surface area contributed by atoms with E-state index in [-0.39, 0.29) is 5.56 Å². The van der Waals surface area contributed by atoms with Crippen molar-refractivity contribution in [2.24, 2.45) is 5.92 Å². The first-order valence-electron chi connectivity index (χ1n) is 8.44. The zero-order valence-electron chi connectivity index (χ0n) is 13.3. The molecular formula is C16H22N6O. The summed E-state index contributed by atoms with van der Waals surface area (Å²) in [5.74, 6) is 0.521. The number of nitrogens with zero attached hydrogens (tertiary/aromatic N) is 6. The number of aryl methyl sites for hydroxylation is 2. The number of hydrogen-bond acceptors (Lipinski definition) is 5. The lowest BCUT2D eigenvalue weighted by Crippen LogP contribution is -2.50. The Kier molecular flexibility index (Phi) is 3.95. The molecule has 2 aromatic heterocycles. The Morgan fingerprint density at radius 2 is 1.87 bits per heavy atom. The summed E-state index contributed by atoms with van der Waals surface area (Å²) in [6.45, 7) is 4.55. The van der Waals surface area contributed by atoms with E-state index < -0.39 is 0 Å². The van der Waals surface area contributed by atoms with Crippen molar-refractivity contribution in [3.05, 3.63) is 40.1 Å². The molecule has 0 spiro atoms. The van der Waals surface area contributed by atoms with Gasteiger partial charge in [0.15, 0.2) is 0 Å². The van der Waals surface area contributed by atoms with Crippen LogP contribution in [0.1, 0.15) is 24.1 Å². The van der Waals surface area contributed by atoms with Gasteiger partial charge in [-0.1, -0.05) is 0 Å². The molecule has 0 N–H and O–H groups in total. The van der Waals surface area contributed by atoms with E-state index in [0.717, 1.165) is 51.3 Å². The van der Waals surface area contributed by atoms with Crippen LogP contribution in [-0.2, 0) is 25.9 Å². The van der Waals surface area contributed by atoms with Crippen molar-refractivity contribution in [3.63, 3.8) is 0 Å². The Morgan fingerprint density at radius 1 is 1.09 bits per heavy atom. The van der Waals surface area contributed by atoms with Gasteiger partial charge in [0.1, 0.15) is 0 Å². The minimum atomic E-state index is 0.0600. The van der Waals surface area contributed by atoms with Crippen LogP contribution in [0.5, 0.6) is 0 Å². The first-order valence-corrected chi connectivity index (χ1v) is 8.44. The molecule has 0 atom stereocenters. The van der Waals surface area contributed by atoms with Crippen molar-refractivity contribution in [1.29, 1.82) is 0 Å². The zero-order valence-corrected chi connectivity index (χ0v) is 13.3. The minimum absolute atomic E-state index is 0.0600. The molecule has 0 saturated carbocycles. The maximum Gasteiger partial charge on any atom is 0.267 e. The van der Waals surface area contributed by atoms with Crippen LogP contribution in [-0.4, -0.2) is 49.3 Å². The highest BCUT2D eigenvalue weighted by Crippen LogP contribution is 2.19. The summed E-state index contributed by atoms with van der Waals surface area (Å²) in [6.07, 6.45) is 7.80. The Hall–Kier alpha value is -2.02. The summed E-state index contributed by atoms with van der Waals surface area (Å²) in [5.41, 5.74) is 2.36. The fourth-order valence-electron chi connectivity index (χ4n) is 3.54. The molecule has 7 nitrogen and oxygen atoms in total. The summed E-state index contributed by atoms with van der Waals surface area (Å²) < 4.78 is 1.68. The first-order chi connectivity index (χ1) is 11.3. The molecule has 7 heteroatoms. The van der Waals surface area contributed by atoms with Gasteiger partial charge in [-0.2, -0.15) is 20.1 Å². The molecule has 2 aromatic rings. The van der Waals surface area contributed by atoms with E-state index in [1.54, 1.807) is 27.9 Å². The molecule has 0 amide bonds. The second-order valence-corrected chi connectivity index (χ2v) is 6.59. The molecule has 122 valence electrons. The lowest BCUT2D eigenvalue weighted by Gasteiger charge is -2.39. The predicted molar refractivity (Wildman–Crippen MR) is 85.1 cm³/mol. The van der Waals surface area contributed by atoms with Crippen LogP contribution in [0.3, 0.4) is 0 Å². The van der Waals surface area contributed by atoms with Gasteiger partial charge in [0.25, 0.3) is 5.56 Å². The smallest absolute Gasteiger partial charge is 0.267 e. The maximum atomic E-state index is 12.2.